The third kappa shape index (κ3) is 4.04. The van der Waals surface area contributed by atoms with Gasteiger partial charge in [-0.05, 0) is 12.5 Å². The van der Waals surface area contributed by atoms with E-state index in [0.717, 1.165) is 12.8 Å². The van der Waals surface area contributed by atoms with E-state index in [9.17, 15) is 4.79 Å². The van der Waals surface area contributed by atoms with Gasteiger partial charge in [-0.1, -0.05) is 38.7 Å². The van der Waals surface area contributed by atoms with Crippen LogP contribution in [0.15, 0.2) is 17.3 Å². The van der Waals surface area contributed by atoms with Gasteiger partial charge in [0.1, 0.15) is 5.92 Å². The van der Waals surface area contributed by atoms with Gasteiger partial charge in [0.25, 0.3) is 0 Å². The summed E-state index contributed by atoms with van der Waals surface area (Å²) >= 11 is 0. The Balaban J connectivity index is 2.44. The summed E-state index contributed by atoms with van der Waals surface area (Å²) in [5.74, 6) is -1.23. The molecule has 90 valence electrons. The summed E-state index contributed by atoms with van der Waals surface area (Å²) in [7, 11) is 0. The predicted octanol–water partition coefficient (Wildman–Crippen LogP) is 2.17. The lowest BCUT2D eigenvalue weighted by Gasteiger charge is -2.15. The average molecular weight is 224 g/mol. The minimum absolute atomic E-state index is 0.457. The molecule has 0 aromatic carbocycles. The number of aliphatic carboxylic acids is 1. The minimum atomic E-state index is -0.774. The Morgan fingerprint density at radius 3 is 2.94 bits per heavy atom. The lowest BCUT2D eigenvalue weighted by molar-refractivity contribution is -0.139. The monoisotopic (exact) mass is 224 g/mol. The topological polar surface area (TPSA) is 61.7 Å². The van der Waals surface area contributed by atoms with Crippen molar-refractivity contribution < 1.29 is 9.90 Å². The van der Waals surface area contributed by atoms with Crippen molar-refractivity contribution in [3.05, 3.63) is 12.2 Å². The second-order valence-electron chi connectivity index (χ2n) is 4.04. The fraction of sp³-hybridized carbons (Fsp3) is 0.667. The molecule has 1 rings (SSSR count). The number of hydrogen-bond donors (Lipinski definition) is 2. The van der Waals surface area contributed by atoms with Gasteiger partial charge in [0.05, 0.1) is 12.3 Å². The van der Waals surface area contributed by atoms with Crippen molar-refractivity contribution in [1.29, 1.82) is 0 Å². The normalized spacial score (nSPS) is 16.4. The number of nitrogens with one attached hydrogen (secondary N) is 1. The van der Waals surface area contributed by atoms with Crippen LogP contribution in [0.3, 0.4) is 0 Å². The maximum absolute atomic E-state index is 11.1. The van der Waals surface area contributed by atoms with Crippen LogP contribution in [0.1, 0.15) is 39.0 Å². The van der Waals surface area contributed by atoms with Crippen LogP contribution in [0.5, 0.6) is 0 Å². The van der Waals surface area contributed by atoms with Crippen molar-refractivity contribution >= 4 is 11.7 Å². The van der Waals surface area contributed by atoms with Crippen molar-refractivity contribution in [2.75, 3.05) is 6.54 Å². The molecule has 1 atom stereocenters. The number of carbonyl (C=O) groups is 1. The third-order valence-corrected chi connectivity index (χ3v) is 2.71. The Bertz CT molecular complexity index is 285. The Kier molecular flexibility index (Phi) is 5.61. The van der Waals surface area contributed by atoms with Crippen LogP contribution in [0, 0.1) is 5.92 Å². The van der Waals surface area contributed by atoms with E-state index >= 15 is 0 Å². The molecule has 4 nitrogen and oxygen atoms in total. The van der Waals surface area contributed by atoms with E-state index in [1.54, 1.807) is 0 Å². The molecule has 0 amide bonds. The first-order valence-electron chi connectivity index (χ1n) is 5.95. The van der Waals surface area contributed by atoms with Gasteiger partial charge in [-0.2, -0.15) is 5.10 Å². The molecule has 0 fully saturated rings. The molecule has 0 bridgehead atoms. The maximum Gasteiger partial charge on any atom is 0.312 e. The Labute approximate surface area is 96.4 Å². The molecular formula is C12H20N2O2. The van der Waals surface area contributed by atoms with Gasteiger partial charge in [0, 0.05) is 0 Å². The summed E-state index contributed by atoms with van der Waals surface area (Å²) < 4.78 is 0. The van der Waals surface area contributed by atoms with Crippen LogP contribution in [0.25, 0.3) is 0 Å². The van der Waals surface area contributed by atoms with Crippen LogP contribution in [0.4, 0.5) is 0 Å². The Morgan fingerprint density at radius 1 is 1.56 bits per heavy atom. The molecule has 0 saturated carbocycles. The van der Waals surface area contributed by atoms with Crippen molar-refractivity contribution in [2.45, 2.75) is 39.0 Å². The summed E-state index contributed by atoms with van der Waals surface area (Å²) in [5.41, 5.74) is 3.46. The third-order valence-electron chi connectivity index (χ3n) is 2.71. The average Bonchev–Trinajstić information content (AvgIpc) is 2.30. The number of rotatable bonds is 7. The molecule has 0 aromatic heterocycles. The minimum Gasteiger partial charge on any atom is -0.481 e. The van der Waals surface area contributed by atoms with E-state index < -0.39 is 11.9 Å². The van der Waals surface area contributed by atoms with Crippen molar-refractivity contribution in [1.82, 2.24) is 5.43 Å². The Morgan fingerprint density at radius 2 is 2.38 bits per heavy atom. The molecule has 1 heterocycles. The lowest BCUT2D eigenvalue weighted by Crippen LogP contribution is -2.27. The fourth-order valence-corrected chi connectivity index (χ4v) is 1.77. The van der Waals surface area contributed by atoms with Gasteiger partial charge in [-0.25, -0.2) is 0 Å². The second kappa shape index (κ2) is 7.04. The maximum atomic E-state index is 11.1. The fourth-order valence-electron chi connectivity index (χ4n) is 1.77. The summed E-state index contributed by atoms with van der Waals surface area (Å²) in [6.45, 7) is 2.83. The van der Waals surface area contributed by atoms with E-state index in [1.807, 2.05) is 12.2 Å². The van der Waals surface area contributed by atoms with Gasteiger partial charge in [-0.15, -0.1) is 0 Å². The molecule has 16 heavy (non-hydrogen) atoms. The zero-order valence-electron chi connectivity index (χ0n) is 9.78. The van der Waals surface area contributed by atoms with E-state index in [2.05, 4.69) is 17.5 Å². The first kappa shape index (κ1) is 12.7. The molecule has 0 aromatic rings. The zero-order chi connectivity index (χ0) is 11.8. The first-order valence-corrected chi connectivity index (χ1v) is 5.95. The molecule has 4 heteroatoms. The number of carboxylic acid groups (broad SMARTS) is 1. The smallest absolute Gasteiger partial charge is 0.312 e. The summed E-state index contributed by atoms with van der Waals surface area (Å²) in [4.78, 5) is 11.1. The highest BCUT2D eigenvalue weighted by Gasteiger charge is 2.22. The Hall–Kier alpha value is -1.32. The second-order valence-corrected chi connectivity index (χ2v) is 4.04. The SMILES string of the molecule is CCCCCCC(C(=O)O)C1=NNCC=C1. The van der Waals surface area contributed by atoms with Crippen molar-refractivity contribution in [2.24, 2.45) is 11.0 Å². The molecule has 2 N–H and O–H groups in total. The molecule has 1 aliphatic rings. The van der Waals surface area contributed by atoms with Crippen LogP contribution in [-0.4, -0.2) is 23.3 Å². The molecule has 0 aliphatic carbocycles. The molecule has 1 aliphatic heterocycles. The first-order chi connectivity index (χ1) is 7.75. The number of unbranched alkanes of at least 4 members (excludes halogenated alkanes) is 3. The number of carboxylic acids is 1. The van der Waals surface area contributed by atoms with E-state index in [1.165, 1.54) is 12.8 Å². The number of hydrogen-bond acceptors (Lipinski definition) is 3. The molecule has 0 saturated heterocycles. The molecule has 0 spiro atoms. The van der Waals surface area contributed by atoms with Crippen molar-refractivity contribution in [3.8, 4) is 0 Å². The van der Waals surface area contributed by atoms with E-state index in [0.29, 0.717) is 18.7 Å². The molecular weight excluding hydrogens is 204 g/mol. The largest absolute Gasteiger partial charge is 0.481 e. The van der Waals surface area contributed by atoms with Crippen molar-refractivity contribution in [3.63, 3.8) is 0 Å². The summed E-state index contributed by atoms with van der Waals surface area (Å²) in [6.07, 6.45) is 8.80. The van der Waals surface area contributed by atoms with Crippen LogP contribution >= 0.6 is 0 Å². The van der Waals surface area contributed by atoms with Gasteiger partial charge in [0.15, 0.2) is 0 Å². The van der Waals surface area contributed by atoms with Gasteiger partial charge in [0.2, 0.25) is 0 Å². The standard InChI is InChI=1S/C12H20N2O2/c1-2-3-4-5-7-10(12(15)16)11-8-6-9-13-14-11/h6,8,10,13H,2-5,7,9H2,1H3,(H,15,16). The molecule has 0 radical (unpaired) electrons. The predicted molar refractivity (Wildman–Crippen MR) is 64.5 cm³/mol. The van der Waals surface area contributed by atoms with E-state index in [-0.39, 0.29) is 0 Å². The highest BCUT2D eigenvalue weighted by molar-refractivity contribution is 6.08. The number of nitrogens with zero attached hydrogens (tertiary/aromatic N) is 1. The number of allylic oxidation sites excluding steroid dienone is 1. The quantitative estimate of drug-likeness (QED) is 0.651. The van der Waals surface area contributed by atoms with Crippen LogP contribution in [-0.2, 0) is 4.79 Å². The van der Waals surface area contributed by atoms with Crippen LogP contribution in [0.2, 0.25) is 0 Å². The highest BCUT2D eigenvalue weighted by atomic mass is 16.4. The van der Waals surface area contributed by atoms with Gasteiger partial charge < -0.3 is 10.5 Å². The van der Waals surface area contributed by atoms with Crippen LogP contribution < -0.4 is 5.43 Å². The number of hydrazone groups is 1. The summed E-state index contributed by atoms with van der Waals surface area (Å²) in [5, 5.41) is 13.2. The molecule has 1 unspecified atom stereocenters. The van der Waals surface area contributed by atoms with Gasteiger partial charge in [-0.3, -0.25) is 4.79 Å². The van der Waals surface area contributed by atoms with Gasteiger partial charge >= 0.3 is 5.97 Å². The van der Waals surface area contributed by atoms with E-state index in [4.69, 9.17) is 5.11 Å². The lowest BCUT2D eigenvalue weighted by atomic mass is 9.95. The summed E-state index contributed by atoms with van der Waals surface area (Å²) in [6, 6.07) is 0. The highest BCUT2D eigenvalue weighted by Crippen LogP contribution is 2.14. The zero-order valence-corrected chi connectivity index (χ0v) is 9.78.